The van der Waals surface area contributed by atoms with Crippen LogP contribution in [-0.2, 0) is 0 Å². The summed E-state index contributed by atoms with van der Waals surface area (Å²) in [5.41, 5.74) is 5.21. The Kier molecular flexibility index (Phi) is 22.6. The minimum Gasteiger partial charge on any atom is -0.330 e. The number of hydrogen-bond acceptors (Lipinski definition) is 2. The van der Waals surface area contributed by atoms with E-state index in [4.69, 9.17) is 5.73 Å². The molecule has 2 heteroatoms. The van der Waals surface area contributed by atoms with Gasteiger partial charge in [0.25, 0.3) is 0 Å². The molecule has 0 saturated carbocycles. The normalized spacial score (nSPS) is 10.4. The molecule has 0 radical (unpaired) electrons. The first kappa shape index (κ1) is 21.2. The van der Waals surface area contributed by atoms with Crippen molar-refractivity contribution in [2.75, 3.05) is 26.2 Å². The molecule has 0 aliphatic heterocycles. The third-order valence-electron chi connectivity index (χ3n) is 3.29. The smallest absolute Gasteiger partial charge is 0.00188 e. The molecule has 0 unspecified atom stereocenters. The molecule has 0 heterocycles. The zero-order valence-electron chi connectivity index (χ0n) is 14.2. The van der Waals surface area contributed by atoms with Gasteiger partial charge in [-0.3, -0.25) is 0 Å². The van der Waals surface area contributed by atoms with Crippen LogP contribution in [-0.4, -0.2) is 31.1 Å². The van der Waals surface area contributed by atoms with E-state index in [2.05, 4.69) is 32.6 Å². The molecule has 0 spiro atoms. The van der Waals surface area contributed by atoms with Gasteiger partial charge in [0.2, 0.25) is 0 Å². The molecule has 118 valence electrons. The topological polar surface area (TPSA) is 29.3 Å². The summed E-state index contributed by atoms with van der Waals surface area (Å²) in [6.07, 6.45) is 11.8. The van der Waals surface area contributed by atoms with Crippen LogP contribution in [0.5, 0.6) is 0 Å². The van der Waals surface area contributed by atoms with Crippen molar-refractivity contribution in [2.45, 2.75) is 85.5 Å². The third kappa shape index (κ3) is 20.4. The zero-order valence-corrected chi connectivity index (χ0v) is 14.2. The lowest BCUT2D eigenvalue weighted by molar-refractivity contribution is 0.261. The monoisotopic (exact) mass is 272 g/mol. The van der Waals surface area contributed by atoms with Crippen molar-refractivity contribution in [3.63, 3.8) is 0 Å². The fraction of sp³-hybridized carbons (Fsp3) is 1.00. The predicted molar refractivity (Wildman–Crippen MR) is 89.7 cm³/mol. The van der Waals surface area contributed by atoms with Crippen molar-refractivity contribution in [1.82, 2.24) is 4.90 Å². The zero-order chi connectivity index (χ0) is 14.8. The standard InChI is InChI=1S/C12H27N.C5H13N/c1-4-7-10-13(11-8-5-2)12-9-6-3;1-2-3-4-5-6/h4-12H2,1-3H3;2-6H2,1H3. The van der Waals surface area contributed by atoms with Crippen LogP contribution in [0, 0.1) is 0 Å². The average Bonchev–Trinajstić information content (AvgIpc) is 2.45. The van der Waals surface area contributed by atoms with Crippen LogP contribution in [0.1, 0.15) is 85.5 Å². The molecule has 0 aromatic heterocycles. The molecule has 0 aliphatic carbocycles. The highest BCUT2D eigenvalue weighted by atomic mass is 15.1. The first-order valence-electron chi connectivity index (χ1n) is 8.69. The molecular formula is C17H40N2. The van der Waals surface area contributed by atoms with Crippen molar-refractivity contribution >= 4 is 0 Å². The lowest BCUT2D eigenvalue weighted by atomic mass is 10.2. The Bertz CT molecular complexity index is 114. The quantitative estimate of drug-likeness (QED) is 0.516. The number of unbranched alkanes of at least 4 members (excludes halogenated alkanes) is 5. The Balaban J connectivity index is 0. The van der Waals surface area contributed by atoms with Gasteiger partial charge in [-0.25, -0.2) is 0 Å². The molecule has 0 atom stereocenters. The summed E-state index contributed by atoms with van der Waals surface area (Å²) < 4.78 is 0. The molecule has 2 N–H and O–H groups in total. The molecule has 0 amide bonds. The van der Waals surface area contributed by atoms with Crippen LogP contribution in [0.3, 0.4) is 0 Å². The number of rotatable bonds is 12. The number of nitrogens with two attached hydrogens (primary N) is 1. The van der Waals surface area contributed by atoms with Crippen molar-refractivity contribution in [2.24, 2.45) is 5.73 Å². The lowest BCUT2D eigenvalue weighted by Gasteiger charge is -2.21. The van der Waals surface area contributed by atoms with E-state index in [1.807, 2.05) is 0 Å². The van der Waals surface area contributed by atoms with E-state index in [1.165, 1.54) is 77.4 Å². The third-order valence-corrected chi connectivity index (χ3v) is 3.29. The summed E-state index contributed by atoms with van der Waals surface area (Å²) in [4.78, 5) is 2.64. The van der Waals surface area contributed by atoms with Gasteiger partial charge in [-0.15, -0.1) is 0 Å². The summed E-state index contributed by atoms with van der Waals surface area (Å²) in [5, 5.41) is 0. The second-order valence-corrected chi connectivity index (χ2v) is 5.40. The summed E-state index contributed by atoms with van der Waals surface area (Å²) in [6, 6.07) is 0. The number of nitrogens with zero attached hydrogens (tertiary/aromatic N) is 1. The fourth-order valence-corrected chi connectivity index (χ4v) is 1.87. The Morgan fingerprint density at radius 3 is 1.16 bits per heavy atom. The molecule has 0 aromatic rings. The van der Waals surface area contributed by atoms with Crippen molar-refractivity contribution < 1.29 is 0 Å². The minimum absolute atomic E-state index is 0.855. The second-order valence-electron chi connectivity index (χ2n) is 5.40. The van der Waals surface area contributed by atoms with E-state index in [0.29, 0.717) is 0 Å². The summed E-state index contributed by atoms with van der Waals surface area (Å²) in [6.45, 7) is 13.8. The molecular weight excluding hydrogens is 232 g/mol. The second kappa shape index (κ2) is 20.2. The Labute approximate surface area is 123 Å². The average molecular weight is 273 g/mol. The highest BCUT2D eigenvalue weighted by Crippen LogP contribution is 2.01. The predicted octanol–water partition coefficient (Wildman–Crippen LogP) is 4.82. The van der Waals surface area contributed by atoms with Gasteiger partial charge in [0.05, 0.1) is 0 Å². The van der Waals surface area contributed by atoms with Gasteiger partial charge >= 0.3 is 0 Å². The molecule has 0 aromatic carbocycles. The molecule has 19 heavy (non-hydrogen) atoms. The molecule has 0 fully saturated rings. The Morgan fingerprint density at radius 2 is 0.947 bits per heavy atom. The first-order chi connectivity index (χ1) is 9.26. The van der Waals surface area contributed by atoms with Crippen LogP contribution in [0.2, 0.25) is 0 Å². The van der Waals surface area contributed by atoms with Crippen LogP contribution in [0.25, 0.3) is 0 Å². The van der Waals surface area contributed by atoms with Crippen molar-refractivity contribution in [3.8, 4) is 0 Å². The van der Waals surface area contributed by atoms with Crippen molar-refractivity contribution in [1.29, 1.82) is 0 Å². The van der Waals surface area contributed by atoms with E-state index < -0.39 is 0 Å². The largest absolute Gasteiger partial charge is 0.330 e. The van der Waals surface area contributed by atoms with Crippen LogP contribution >= 0.6 is 0 Å². The van der Waals surface area contributed by atoms with E-state index in [1.54, 1.807) is 0 Å². The SMILES string of the molecule is CCCCCN.CCCCN(CCCC)CCCC. The highest BCUT2D eigenvalue weighted by Gasteiger charge is 2.01. The maximum absolute atomic E-state index is 5.21. The van der Waals surface area contributed by atoms with E-state index in [-0.39, 0.29) is 0 Å². The van der Waals surface area contributed by atoms with Crippen molar-refractivity contribution in [3.05, 3.63) is 0 Å². The Morgan fingerprint density at radius 1 is 0.579 bits per heavy atom. The maximum Gasteiger partial charge on any atom is -0.00188 e. The van der Waals surface area contributed by atoms with Gasteiger partial charge in [0.1, 0.15) is 0 Å². The highest BCUT2D eigenvalue weighted by molar-refractivity contribution is 4.57. The van der Waals surface area contributed by atoms with Crippen LogP contribution in [0.4, 0.5) is 0 Å². The van der Waals surface area contributed by atoms with Gasteiger partial charge < -0.3 is 10.6 Å². The van der Waals surface area contributed by atoms with Gasteiger partial charge in [0, 0.05) is 0 Å². The minimum atomic E-state index is 0.855. The maximum atomic E-state index is 5.21. The van der Waals surface area contributed by atoms with Crippen LogP contribution in [0.15, 0.2) is 0 Å². The van der Waals surface area contributed by atoms with Crippen LogP contribution < -0.4 is 5.73 Å². The molecule has 0 aliphatic rings. The van der Waals surface area contributed by atoms with Gasteiger partial charge in [0.15, 0.2) is 0 Å². The Hall–Kier alpha value is -0.0800. The number of hydrogen-bond donors (Lipinski definition) is 1. The van der Waals surface area contributed by atoms with E-state index in [9.17, 15) is 0 Å². The molecule has 0 rings (SSSR count). The fourth-order valence-electron chi connectivity index (χ4n) is 1.87. The summed E-state index contributed by atoms with van der Waals surface area (Å²) in [7, 11) is 0. The van der Waals surface area contributed by atoms with Gasteiger partial charge in [-0.1, -0.05) is 59.8 Å². The van der Waals surface area contributed by atoms with E-state index >= 15 is 0 Å². The first-order valence-corrected chi connectivity index (χ1v) is 8.69. The molecule has 2 nitrogen and oxygen atoms in total. The van der Waals surface area contributed by atoms with Gasteiger partial charge in [-0.2, -0.15) is 0 Å². The molecule has 0 saturated heterocycles. The van der Waals surface area contributed by atoms with E-state index in [0.717, 1.165) is 6.54 Å². The summed E-state index contributed by atoms with van der Waals surface area (Å²) in [5.74, 6) is 0. The van der Waals surface area contributed by atoms with Gasteiger partial charge in [-0.05, 0) is 51.9 Å². The lowest BCUT2D eigenvalue weighted by Crippen LogP contribution is -2.27. The molecule has 0 bridgehead atoms. The summed E-state index contributed by atoms with van der Waals surface area (Å²) >= 11 is 0.